The van der Waals surface area contributed by atoms with Crippen LogP contribution in [0.15, 0.2) is 85.2 Å². The van der Waals surface area contributed by atoms with E-state index in [4.69, 9.17) is 0 Å². The van der Waals surface area contributed by atoms with Crippen LogP contribution >= 0.6 is 0 Å². The first-order valence-corrected chi connectivity index (χ1v) is 10.3. The normalized spacial score (nSPS) is 11.0. The van der Waals surface area contributed by atoms with Gasteiger partial charge in [-0.2, -0.15) is 0 Å². The smallest absolute Gasteiger partial charge is 0.274 e. The number of fused-ring (bicyclic) bond motifs is 1. The second kappa shape index (κ2) is 8.27. The van der Waals surface area contributed by atoms with Crippen molar-refractivity contribution in [3.05, 3.63) is 108 Å². The predicted molar refractivity (Wildman–Crippen MR) is 123 cm³/mol. The number of pyridine rings is 2. The fourth-order valence-electron chi connectivity index (χ4n) is 3.66. The Labute approximate surface area is 188 Å². The zero-order valence-electron chi connectivity index (χ0n) is 17.6. The summed E-state index contributed by atoms with van der Waals surface area (Å²) in [5.74, 6) is -1.95. The van der Waals surface area contributed by atoms with Crippen molar-refractivity contribution in [2.45, 2.75) is 6.92 Å². The Morgan fingerprint density at radius 3 is 2.48 bits per heavy atom. The molecule has 162 valence electrons. The minimum Gasteiger partial charge on any atom is -0.321 e. The number of nitrogens with zero attached hydrogens (tertiary/aromatic N) is 3. The summed E-state index contributed by atoms with van der Waals surface area (Å²) in [7, 11) is 0. The van der Waals surface area contributed by atoms with E-state index in [-0.39, 0.29) is 23.0 Å². The van der Waals surface area contributed by atoms with Gasteiger partial charge in [-0.15, -0.1) is 0 Å². The highest BCUT2D eigenvalue weighted by Crippen LogP contribution is 2.29. The molecule has 0 radical (unpaired) electrons. The van der Waals surface area contributed by atoms with Crippen LogP contribution in [0.4, 0.5) is 14.5 Å². The zero-order valence-corrected chi connectivity index (χ0v) is 17.6. The lowest BCUT2D eigenvalue weighted by molar-refractivity contribution is 0.102. The van der Waals surface area contributed by atoms with Gasteiger partial charge in [0.05, 0.1) is 23.0 Å². The minimum atomic E-state index is -0.955. The number of carbonyl (C=O) groups is 1. The van der Waals surface area contributed by atoms with Gasteiger partial charge >= 0.3 is 0 Å². The van der Waals surface area contributed by atoms with Gasteiger partial charge in [-0.1, -0.05) is 29.8 Å². The Balaban J connectivity index is 1.52. The Morgan fingerprint density at radius 2 is 1.67 bits per heavy atom. The van der Waals surface area contributed by atoms with Gasteiger partial charge in [-0.3, -0.25) is 9.20 Å². The summed E-state index contributed by atoms with van der Waals surface area (Å²) in [6.45, 7) is 1.97. The van der Waals surface area contributed by atoms with E-state index in [2.05, 4.69) is 15.3 Å². The van der Waals surface area contributed by atoms with Crippen molar-refractivity contribution in [2.75, 3.05) is 5.32 Å². The first kappa shape index (κ1) is 20.5. The van der Waals surface area contributed by atoms with Gasteiger partial charge in [-0.25, -0.2) is 18.7 Å². The summed E-state index contributed by atoms with van der Waals surface area (Å²) in [6.07, 6.45) is 3.30. The van der Waals surface area contributed by atoms with Gasteiger partial charge in [0, 0.05) is 17.4 Å². The molecule has 0 aliphatic rings. The van der Waals surface area contributed by atoms with Crippen molar-refractivity contribution in [3.63, 3.8) is 0 Å². The molecule has 0 unspecified atom stereocenters. The number of halogens is 2. The highest BCUT2D eigenvalue weighted by Gasteiger charge is 2.17. The molecule has 0 atom stereocenters. The topological polar surface area (TPSA) is 59.3 Å². The molecule has 0 fully saturated rings. The molecule has 0 aliphatic carbocycles. The molecule has 5 rings (SSSR count). The Bertz CT molecular complexity index is 1490. The number of hydrogen-bond acceptors (Lipinski definition) is 3. The van der Waals surface area contributed by atoms with E-state index in [0.29, 0.717) is 22.5 Å². The summed E-state index contributed by atoms with van der Waals surface area (Å²) in [4.78, 5) is 21.6. The van der Waals surface area contributed by atoms with Gasteiger partial charge in [-0.05, 0) is 55.5 Å². The van der Waals surface area contributed by atoms with Crippen molar-refractivity contribution < 1.29 is 13.6 Å². The molecule has 5 nitrogen and oxygen atoms in total. The molecule has 3 aromatic heterocycles. The van der Waals surface area contributed by atoms with Crippen molar-refractivity contribution in [1.29, 1.82) is 0 Å². The average Bonchev–Trinajstić information content (AvgIpc) is 3.26. The molecule has 0 bridgehead atoms. The maximum absolute atomic E-state index is 14.4. The maximum atomic E-state index is 14.4. The van der Waals surface area contributed by atoms with Crippen LogP contribution in [0, 0.1) is 18.6 Å². The van der Waals surface area contributed by atoms with E-state index in [9.17, 15) is 13.6 Å². The standard InChI is InChI=1S/C26H18F2N4O/c1-16-10-12-17(13-11-16)30-26(33)22-9-3-8-21(31-22)18-6-4-14-32-23(18)15-29-25(32)19-5-2-7-20(27)24(19)28/h2-15H,1H3,(H,30,33). The monoisotopic (exact) mass is 440 g/mol. The van der Waals surface area contributed by atoms with Crippen LogP contribution in [0.1, 0.15) is 16.1 Å². The lowest BCUT2D eigenvalue weighted by Gasteiger charge is -2.09. The molecule has 0 saturated heterocycles. The number of hydrogen-bond donors (Lipinski definition) is 1. The van der Waals surface area contributed by atoms with E-state index in [1.54, 1.807) is 41.1 Å². The van der Waals surface area contributed by atoms with Crippen LogP contribution in [-0.4, -0.2) is 20.3 Å². The molecule has 0 saturated carbocycles. The lowest BCUT2D eigenvalue weighted by atomic mass is 10.1. The third-order valence-corrected chi connectivity index (χ3v) is 5.33. The quantitative estimate of drug-likeness (QED) is 0.378. The number of benzene rings is 2. The molecule has 7 heteroatoms. The largest absolute Gasteiger partial charge is 0.321 e. The fourth-order valence-corrected chi connectivity index (χ4v) is 3.66. The first-order chi connectivity index (χ1) is 16.0. The van der Waals surface area contributed by atoms with Gasteiger partial charge in [0.25, 0.3) is 5.91 Å². The van der Waals surface area contributed by atoms with E-state index >= 15 is 0 Å². The molecule has 1 amide bonds. The number of carbonyl (C=O) groups excluding carboxylic acids is 1. The second-order valence-electron chi connectivity index (χ2n) is 7.59. The van der Waals surface area contributed by atoms with E-state index in [0.717, 1.165) is 11.6 Å². The summed E-state index contributed by atoms with van der Waals surface area (Å²) in [6, 6.07) is 20.3. The molecule has 3 heterocycles. The number of imidazole rings is 1. The van der Waals surface area contributed by atoms with E-state index in [1.165, 1.54) is 12.1 Å². The summed E-state index contributed by atoms with van der Waals surface area (Å²) < 4.78 is 29.8. The van der Waals surface area contributed by atoms with Gasteiger partial charge < -0.3 is 5.32 Å². The van der Waals surface area contributed by atoms with Crippen LogP contribution in [0.25, 0.3) is 28.2 Å². The molecule has 0 aliphatic heterocycles. The van der Waals surface area contributed by atoms with Crippen LogP contribution in [0.2, 0.25) is 0 Å². The van der Waals surface area contributed by atoms with Crippen LogP contribution in [0.3, 0.4) is 0 Å². The number of aryl methyl sites for hydroxylation is 1. The molecule has 1 N–H and O–H groups in total. The highest BCUT2D eigenvalue weighted by atomic mass is 19.2. The highest BCUT2D eigenvalue weighted by molar-refractivity contribution is 6.03. The van der Waals surface area contributed by atoms with E-state index < -0.39 is 11.6 Å². The van der Waals surface area contributed by atoms with Crippen molar-refractivity contribution in [2.24, 2.45) is 0 Å². The Hall–Kier alpha value is -4.39. The molecule has 2 aromatic carbocycles. The second-order valence-corrected chi connectivity index (χ2v) is 7.59. The average molecular weight is 440 g/mol. The molecule has 5 aromatic rings. The third kappa shape index (κ3) is 3.85. The third-order valence-electron chi connectivity index (χ3n) is 5.33. The van der Waals surface area contributed by atoms with Gasteiger partial charge in [0.1, 0.15) is 11.5 Å². The van der Waals surface area contributed by atoms with Crippen molar-refractivity contribution in [3.8, 4) is 22.6 Å². The Kier molecular flexibility index (Phi) is 5.14. The first-order valence-electron chi connectivity index (χ1n) is 10.3. The van der Waals surface area contributed by atoms with Crippen LogP contribution in [-0.2, 0) is 0 Å². The van der Waals surface area contributed by atoms with Gasteiger partial charge in [0.2, 0.25) is 0 Å². The SMILES string of the molecule is Cc1ccc(NC(=O)c2cccc(-c3cccn4c(-c5cccc(F)c5F)ncc34)n2)cc1. The summed E-state index contributed by atoms with van der Waals surface area (Å²) in [5, 5.41) is 2.84. The Morgan fingerprint density at radius 1 is 0.909 bits per heavy atom. The molecular weight excluding hydrogens is 422 g/mol. The van der Waals surface area contributed by atoms with Crippen LogP contribution < -0.4 is 5.32 Å². The molecular formula is C26H18F2N4O. The lowest BCUT2D eigenvalue weighted by Crippen LogP contribution is -2.13. The number of rotatable bonds is 4. The molecule has 33 heavy (non-hydrogen) atoms. The number of amides is 1. The fraction of sp³-hybridized carbons (Fsp3) is 0.0385. The zero-order chi connectivity index (χ0) is 22.9. The van der Waals surface area contributed by atoms with Gasteiger partial charge in [0.15, 0.2) is 11.6 Å². The van der Waals surface area contributed by atoms with E-state index in [1.807, 2.05) is 37.3 Å². The van der Waals surface area contributed by atoms with Crippen LogP contribution in [0.5, 0.6) is 0 Å². The minimum absolute atomic E-state index is 0.0614. The maximum Gasteiger partial charge on any atom is 0.274 e. The van der Waals surface area contributed by atoms with Crippen molar-refractivity contribution >= 4 is 17.1 Å². The number of aromatic nitrogens is 3. The van der Waals surface area contributed by atoms with Crippen molar-refractivity contribution in [1.82, 2.24) is 14.4 Å². The predicted octanol–water partition coefficient (Wildman–Crippen LogP) is 5.90. The molecule has 0 spiro atoms. The number of anilines is 1. The summed E-state index contributed by atoms with van der Waals surface area (Å²) >= 11 is 0. The number of nitrogens with one attached hydrogen (secondary N) is 1. The summed E-state index contributed by atoms with van der Waals surface area (Å²) in [5.41, 5.74) is 4.01.